The second-order valence-corrected chi connectivity index (χ2v) is 5.77. The van der Waals surface area contributed by atoms with Crippen molar-refractivity contribution in [2.45, 2.75) is 42.2 Å². The lowest BCUT2D eigenvalue weighted by Gasteiger charge is -2.20. The van der Waals surface area contributed by atoms with E-state index in [0.29, 0.717) is 10.9 Å². The summed E-state index contributed by atoms with van der Waals surface area (Å²) in [5, 5.41) is 11.3. The van der Waals surface area contributed by atoms with Gasteiger partial charge in [-0.1, -0.05) is 19.3 Å². The van der Waals surface area contributed by atoms with Gasteiger partial charge in [0.2, 0.25) is 0 Å². The highest BCUT2D eigenvalue weighted by molar-refractivity contribution is 8.00. The Kier molecular flexibility index (Phi) is 3.89. The number of nitro benzene ring substituents is 1. The van der Waals surface area contributed by atoms with Gasteiger partial charge in [0.05, 0.1) is 4.92 Å². The molecule has 0 atom stereocenters. The zero-order chi connectivity index (χ0) is 12.3. The van der Waals surface area contributed by atoms with Gasteiger partial charge < -0.3 is 5.73 Å². The first kappa shape index (κ1) is 12.2. The molecule has 0 heterocycles. The number of nitrogens with zero attached hydrogens (tertiary/aromatic N) is 1. The maximum absolute atomic E-state index is 10.7. The summed E-state index contributed by atoms with van der Waals surface area (Å²) in [4.78, 5) is 11.3. The fourth-order valence-corrected chi connectivity index (χ4v) is 3.50. The fourth-order valence-electron chi connectivity index (χ4n) is 2.15. The van der Waals surface area contributed by atoms with Crippen LogP contribution in [0.1, 0.15) is 32.1 Å². The summed E-state index contributed by atoms with van der Waals surface area (Å²) in [7, 11) is 0. The molecule has 1 fully saturated rings. The first-order chi connectivity index (χ1) is 8.15. The lowest BCUT2D eigenvalue weighted by molar-refractivity contribution is -0.385. The monoisotopic (exact) mass is 252 g/mol. The summed E-state index contributed by atoms with van der Waals surface area (Å²) < 4.78 is 0. The third-order valence-electron chi connectivity index (χ3n) is 2.98. The molecule has 0 unspecified atom stereocenters. The van der Waals surface area contributed by atoms with Crippen molar-refractivity contribution in [3.63, 3.8) is 0 Å². The molecule has 0 aliphatic heterocycles. The highest BCUT2D eigenvalue weighted by atomic mass is 32.2. The van der Waals surface area contributed by atoms with Crippen molar-refractivity contribution < 1.29 is 4.92 Å². The van der Waals surface area contributed by atoms with Crippen molar-refractivity contribution in [1.29, 1.82) is 0 Å². The van der Waals surface area contributed by atoms with Gasteiger partial charge in [0.1, 0.15) is 0 Å². The molecule has 0 radical (unpaired) electrons. The SMILES string of the molecule is Nc1cc(SC2CCCCC2)cc([N+](=O)[O-])c1. The first-order valence-corrected chi connectivity index (χ1v) is 6.75. The van der Waals surface area contributed by atoms with Crippen LogP contribution in [0.4, 0.5) is 11.4 Å². The summed E-state index contributed by atoms with van der Waals surface area (Å²) in [5.41, 5.74) is 6.24. The number of nitrogen functional groups attached to an aromatic ring is 1. The number of nitro groups is 1. The molecule has 0 saturated heterocycles. The van der Waals surface area contributed by atoms with E-state index in [4.69, 9.17) is 5.73 Å². The summed E-state index contributed by atoms with van der Waals surface area (Å²) >= 11 is 1.73. The minimum Gasteiger partial charge on any atom is -0.398 e. The van der Waals surface area contributed by atoms with Crippen molar-refractivity contribution in [2.75, 3.05) is 5.73 Å². The Morgan fingerprint density at radius 2 is 1.94 bits per heavy atom. The van der Waals surface area contributed by atoms with Gasteiger partial charge in [-0.15, -0.1) is 11.8 Å². The topological polar surface area (TPSA) is 69.2 Å². The van der Waals surface area contributed by atoms with Gasteiger partial charge in [-0.05, 0) is 18.9 Å². The van der Waals surface area contributed by atoms with Crippen molar-refractivity contribution in [3.8, 4) is 0 Å². The van der Waals surface area contributed by atoms with Crippen LogP contribution in [0, 0.1) is 10.1 Å². The molecule has 1 aromatic rings. The van der Waals surface area contributed by atoms with E-state index in [9.17, 15) is 10.1 Å². The second kappa shape index (κ2) is 5.40. The highest BCUT2D eigenvalue weighted by Crippen LogP contribution is 2.35. The van der Waals surface area contributed by atoms with Crippen LogP contribution in [-0.4, -0.2) is 10.2 Å². The lowest BCUT2D eigenvalue weighted by atomic mass is 10.0. The number of benzene rings is 1. The largest absolute Gasteiger partial charge is 0.398 e. The number of hydrogen-bond donors (Lipinski definition) is 1. The number of non-ortho nitro benzene ring substituents is 1. The summed E-state index contributed by atoms with van der Waals surface area (Å²) in [6.07, 6.45) is 6.25. The van der Waals surface area contributed by atoms with Gasteiger partial charge in [0.25, 0.3) is 5.69 Å². The average molecular weight is 252 g/mol. The summed E-state index contributed by atoms with van der Waals surface area (Å²) in [6.45, 7) is 0. The van der Waals surface area contributed by atoms with Gasteiger partial charge in [-0.25, -0.2) is 0 Å². The Bertz CT molecular complexity index is 417. The molecule has 0 bridgehead atoms. The zero-order valence-corrected chi connectivity index (χ0v) is 10.4. The summed E-state index contributed by atoms with van der Waals surface area (Å²) in [5.74, 6) is 0. The predicted molar refractivity (Wildman–Crippen MR) is 70.2 cm³/mol. The van der Waals surface area contributed by atoms with Crippen LogP contribution in [0.3, 0.4) is 0 Å². The number of hydrogen-bond acceptors (Lipinski definition) is 4. The van der Waals surface area contributed by atoms with Crippen LogP contribution in [0.25, 0.3) is 0 Å². The number of rotatable bonds is 3. The van der Waals surface area contributed by atoms with E-state index >= 15 is 0 Å². The number of anilines is 1. The van der Waals surface area contributed by atoms with E-state index in [1.165, 1.54) is 38.2 Å². The Hall–Kier alpha value is -1.23. The van der Waals surface area contributed by atoms with E-state index in [2.05, 4.69) is 0 Å². The molecular formula is C12H16N2O2S. The third-order valence-corrected chi connectivity index (χ3v) is 4.29. The van der Waals surface area contributed by atoms with Crippen LogP contribution in [-0.2, 0) is 0 Å². The van der Waals surface area contributed by atoms with E-state index in [1.807, 2.05) is 6.07 Å². The zero-order valence-electron chi connectivity index (χ0n) is 9.59. The van der Waals surface area contributed by atoms with Gasteiger partial charge in [-0.2, -0.15) is 0 Å². The standard InChI is InChI=1S/C12H16N2O2S/c13-9-6-10(14(15)16)8-12(7-9)17-11-4-2-1-3-5-11/h6-8,11H,1-5,13H2. The molecule has 1 saturated carbocycles. The molecule has 1 aliphatic carbocycles. The maximum Gasteiger partial charge on any atom is 0.272 e. The molecule has 4 nitrogen and oxygen atoms in total. The van der Waals surface area contributed by atoms with Crippen LogP contribution >= 0.6 is 11.8 Å². The Labute approximate surface area is 105 Å². The molecule has 1 aromatic carbocycles. The number of nitrogens with two attached hydrogens (primary N) is 1. The van der Waals surface area contributed by atoms with E-state index in [1.54, 1.807) is 17.8 Å². The summed E-state index contributed by atoms with van der Waals surface area (Å²) in [6, 6.07) is 4.85. The fraction of sp³-hybridized carbons (Fsp3) is 0.500. The third kappa shape index (κ3) is 3.36. The van der Waals surface area contributed by atoms with Crippen molar-refractivity contribution in [3.05, 3.63) is 28.3 Å². The smallest absolute Gasteiger partial charge is 0.272 e. The molecule has 92 valence electrons. The quantitative estimate of drug-likeness (QED) is 0.507. The van der Waals surface area contributed by atoms with Crippen LogP contribution in [0.2, 0.25) is 0 Å². The first-order valence-electron chi connectivity index (χ1n) is 5.87. The minimum atomic E-state index is -0.388. The number of thioether (sulfide) groups is 1. The van der Waals surface area contributed by atoms with Crippen molar-refractivity contribution in [2.24, 2.45) is 0 Å². The van der Waals surface area contributed by atoms with Crippen molar-refractivity contribution in [1.82, 2.24) is 0 Å². The molecule has 0 spiro atoms. The maximum atomic E-state index is 10.7. The molecule has 2 rings (SSSR count). The minimum absolute atomic E-state index is 0.0864. The predicted octanol–water partition coefficient (Wildman–Crippen LogP) is 3.60. The van der Waals surface area contributed by atoms with Crippen LogP contribution in [0.15, 0.2) is 23.1 Å². The molecular weight excluding hydrogens is 236 g/mol. The lowest BCUT2D eigenvalue weighted by Crippen LogP contribution is -2.07. The Morgan fingerprint density at radius 3 is 2.59 bits per heavy atom. The molecule has 1 aliphatic rings. The van der Waals surface area contributed by atoms with E-state index in [-0.39, 0.29) is 10.6 Å². The van der Waals surface area contributed by atoms with Crippen LogP contribution < -0.4 is 5.73 Å². The molecule has 0 amide bonds. The van der Waals surface area contributed by atoms with Crippen LogP contribution in [0.5, 0.6) is 0 Å². The molecule has 5 heteroatoms. The van der Waals surface area contributed by atoms with Gasteiger partial charge in [0, 0.05) is 28.0 Å². The molecule has 17 heavy (non-hydrogen) atoms. The van der Waals surface area contributed by atoms with E-state index in [0.717, 1.165) is 4.90 Å². The highest BCUT2D eigenvalue weighted by Gasteiger charge is 2.16. The average Bonchev–Trinajstić information content (AvgIpc) is 2.29. The second-order valence-electron chi connectivity index (χ2n) is 4.40. The van der Waals surface area contributed by atoms with Gasteiger partial charge >= 0.3 is 0 Å². The van der Waals surface area contributed by atoms with Gasteiger partial charge in [-0.3, -0.25) is 10.1 Å². The van der Waals surface area contributed by atoms with E-state index < -0.39 is 0 Å². The Balaban J connectivity index is 2.11. The molecule has 0 aromatic heterocycles. The Morgan fingerprint density at radius 1 is 1.24 bits per heavy atom. The molecule has 2 N–H and O–H groups in total. The van der Waals surface area contributed by atoms with Crippen molar-refractivity contribution >= 4 is 23.1 Å². The van der Waals surface area contributed by atoms with Gasteiger partial charge in [0.15, 0.2) is 0 Å². The normalized spacial score (nSPS) is 16.9.